The molecule has 0 radical (unpaired) electrons. The monoisotopic (exact) mass is 413 g/mol. The summed E-state index contributed by atoms with van der Waals surface area (Å²) in [6.07, 6.45) is 3.97. The van der Waals surface area contributed by atoms with Gasteiger partial charge in [0.05, 0.1) is 5.56 Å². The van der Waals surface area contributed by atoms with Crippen LogP contribution in [0.5, 0.6) is 0 Å². The smallest absolute Gasteiger partial charge is 0.255 e. The number of piperazine rings is 1. The molecular formula is C22H27N3O3S. The van der Waals surface area contributed by atoms with Gasteiger partial charge in [-0.25, -0.2) is 8.42 Å². The molecule has 1 amide bonds. The molecule has 2 aliphatic rings. The minimum absolute atomic E-state index is 0.00174. The molecular weight excluding hydrogens is 386 g/mol. The number of hydrogen-bond acceptors (Lipinski definition) is 3. The van der Waals surface area contributed by atoms with E-state index in [0.717, 1.165) is 22.5 Å². The van der Waals surface area contributed by atoms with Crippen molar-refractivity contribution >= 4 is 22.0 Å². The molecule has 1 aromatic carbocycles. The van der Waals surface area contributed by atoms with Crippen molar-refractivity contribution in [2.45, 2.75) is 32.7 Å². The number of amides is 1. The van der Waals surface area contributed by atoms with Crippen LogP contribution in [0, 0.1) is 13.8 Å². The molecule has 7 heteroatoms. The number of carbonyl (C=O) groups excluding carboxylic acids is 1. The van der Waals surface area contributed by atoms with Crippen LogP contribution in [-0.2, 0) is 10.0 Å². The highest BCUT2D eigenvalue weighted by atomic mass is 32.2. The van der Waals surface area contributed by atoms with E-state index in [-0.39, 0.29) is 5.91 Å². The van der Waals surface area contributed by atoms with Crippen molar-refractivity contribution in [3.05, 3.63) is 64.3 Å². The Morgan fingerprint density at radius 1 is 1.03 bits per heavy atom. The lowest BCUT2D eigenvalue weighted by Crippen LogP contribution is -2.50. The number of benzene rings is 1. The average molecular weight is 414 g/mol. The Hall–Kier alpha value is -2.38. The van der Waals surface area contributed by atoms with Gasteiger partial charge in [0, 0.05) is 49.0 Å². The first-order valence-corrected chi connectivity index (χ1v) is 11.6. The van der Waals surface area contributed by atoms with Crippen molar-refractivity contribution in [2.24, 2.45) is 0 Å². The van der Waals surface area contributed by atoms with Gasteiger partial charge in [0.25, 0.3) is 5.91 Å². The van der Waals surface area contributed by atoms with E-state index >= 15 is 0 Å². The van der Waals surface area contributed by atoms with Crippen LogP contribution < -0.4 is 0 Å². The van der Waals surface area contributed by atoms with Crippen LogP contribution in [0.15, 0.2) is 41.8 Å². The summed E-state index contributed by atoms with van der Waals surface area (Å²) in [6, 6.07) is 11.9. The van der Waals surface area contributed by atoms with Gasteiger partial charge in [-0.05, 0) is 44.4 Å². The number of aromatic nitrogens is 1. The summed E-state index contributed by atoms with van der Waals surface area (Å²) in [7, 11) is -3.50. The SMILES string of the molecule is Cc1cc(C(=O)N2CCN(S(=O)(=O)/C=C/c3ccccc3)CC2)c(C)n1C1CC1. The van der Waals surface area contributed by atoms with E-state index in [4.69, 9.17) is 0 Å². The van der Waals surface area contributed by atoms with Gasteiger partial charge in [-0.2, -0.15) is 4.31 Å². The normalized spacial score (nSPS) is 18.5. The first-order chi connectivity index (χ1) is 13.9. The van der Waals surface area contributed by atoms with Crippen LogP contribution in [0.2, 0.25) is 0 Å². The lowest BCUT2D eigenvalue weighted by atomic mass is 10.2. The van der Waals surface area contributed by atoms with E-state index in [1.165, 1.54) is 22.6 Å². The summed E-state index contributed by atoms with van der Waals surface area (Å²) in [5, 5.41) is 1.25. The molecule has 154 valence electrons. The fraction of sp³-hybridized carbons (Fsp3) is 0.409. The summed E-state index contributed by atoms with van der Waals surface area (Å²) in [4.78, 5) is 14.8. The molecule has 1 aliphatic heterocycles. The van der Waals surface area contributed by atoms with Crippen molar-refractivity contribution in [3.63, 3.8) is 0 Å². The topological polar surface area (TPSA) is 62.6 Å². The third-order valence-corrected chi connectivity index (χ3v) is 7.31. The molecule has 0 atom stereocenters. The van der Waals surface area contributed by atoms with E-state index < -0.39 is 10.0 Å². The predicted octanol–water partition coefficient (Wildman–Crippen LogP) is 3.20. The summed E-state index contributed by atoms with van der Waals surface area (Å²) >= 11 is 0. The Morgan fingerprint density at radius 2 is 1.69 bits per heavy atom. The van der Waals surface area contributed by atoms with Gasteiger partial charge in [0.1, 0.15) is 0 Å². The molecule has 1 saturated carbocycles. The van der Waals surface area contributed by atoms with Crippen LogP contribution in [-0.4, -0.2) is 54.3 Å². The van der Waals surface area contributed by atoms with Crippen molar-refractivity contribution in [2.75, 3.05) is 26.2 Å². The van der Waals surface area contributed by atoms with E-state index in [0.29, 0.717) is 32.2 Å². The molecule has 0 spiro atoms. The Morgan fingerprint density at radius 3 is 2.31 bits per heavy atom. The molecule has 0 unspecified atom stereocenters. The number of hydrogen-bond donors (Lipinski definition) is 0. The van der Waals surface area contributed by atoms with Crippen LogP contribution in [0.25, 0.3) is 6.08 Å². The highest BCUT2D eigenvalue weighted by Crippen LogP contribution is 2.38. The largest absolute Gasteiger partial charge is 0.345 e. The summed E-state index contributed by atoms with van der Waals surface area (Å²) in [6.45, 7) is 5.50. The number of carbonyl (C=O) groups is 1. The zero-order valence-corrected chi connectivity index (χ0v) is 17.7. The van der Waals surface area contributed by atoms with Crippen LogP contribution in [0.4, 0.5) is 0 Å². The minimum Gasteiger partial charge on any atom is -0.345 e. The maximum absolute atomic E-state index is 13.0. The first-order valence-electron chi connectivity index (χ1n) is 10.1. The molecule has 2 fully saturated rings. The molecule has 0 bridgehead atoms. The van der Waals surface area contributed by atoms with Crippen molar-refractivity contribution in [1.29, 1.82) is 0 Å². The molecule has 1 aliphatic carbocycles. The van der Waals surface area contributed by atoms with Gasteiger partial charge in [0.15, 0.2) is 0 Å². The van der Waals surface area contributed by atoms with Gasteiger partial charge in [-0.3, -0.25) is 4.79 Å². The Labute approximate surface area is 172 Å². The Bertz CT molecular complexity index is 1030. The maximum atomic E-state index is 13.0. The molecule has 6 nitrogen and oxygen atoms in total. The van der Waals surface area contributed by atoms with Crippen molar-refractivity contribution in [1.82, 2.24) is 13.8 Å². The van der Waals surface area contributed by atoms with E-state index in [2.05, 4.69) is 4.57 Å². The van der Waals surface area contributed by atoms with Crippen molar-refractivity contribution < 1.29 is 13.2 Å². The lowest BCUT2D eigenvalue weighted by molar-refractivity contribution is 0.0697. The lowest BCUT2D eigenvalue weighted by Gasteiger charge is -2.33. The fourth-order valence-electron chi connectivity index (χ4n) is 4.02. The predicted molar refractivity (Wildman–Crippen MR) is 114 cm³/mol. The van der Waals surface area contributed by atoms with Gasteiger partial charge in [0.2, 0.25) is 10.0 Å². The highest BCUT2D eigenvalue weighted by molar-refractivity contribution is 7.92. The van der Waals surface area contributed by atoms with E-state index in [9.17, 15) is 13.2 Å². The van der Waals surface area contributed by atoms with Gasteiger partial charge in [-0.1, -0.05) is 30.3 Å². The van der Waals surface area contributed by atoms with E-state index in [1.54, 1.807) is 11.0 Å². The van der Waals surface area contributed by atoms with Gasteiger partial charge < -0.3 is 9.47 Å². The van der Waals surface area contributed by atoms with Crippen LogP contribution >= 0.6 is 0 Å². The second kappa shape index (κ2) is 7.80. The standard InChI is InChI=1S/C22H27N3O3S/c1-17-16-21(18(2)25(17)20-8-9-20)22(26)23-11-13-24(14-12-23)29(27,28)15-10-19-6-4-3-5-7-19/h3-7,10,15-16,20H,8-9,11-14H2,1-2H3/b15-10+. The second-order valence-corrected chi connectivity index (χ2v) is 9.65. The molecule has 2 aromatic rings. The van der Waals surface area contributed by atoms with Crippen LogP contribution in [0.1, 0.15) is 46.2 Å². The number of aryl methyl sites for hydroxylation is 1. The molecule has 0 N–H and O–H groups in total. The third-order valence-electron chi connectivity index (χ3n) is 5.74. The van der Waals surface area contributed by atoms with Gasteiger partial charge >= 0.3 is 0 Å². The molecule has 1 saturated heterocycles. The first kappa shape index (κ1) is 19.9. The molecule has 29 heavy (non-hydrogen) atoms. The van der Waals surface area contributed by atoms with Crippen LogP contribution in [0.3, 0.4) is 0 Å². The zero-order chi connectivity index (χ0) is 20.6. The number of sulfonamides is 1. The molecule has 4 rings (SSSR count). The summed E-state index contributed by atoms with van der Waals surface area (Å²) in [5.74, 6) is 0.00174. The minimum atomic E-state index is -3.50. The molecule has 1 aromatic heterocycles. The van der Waals surface area contributed by atoms with E-state index in [1.807, 2.05) is 50.2 Å². The quantitative estimate of drug-likeness (QED) is 0.756. The molecule has 2 heterocycles. The Balaban J connectivity index is 1.41. The van der Waals surface area contributed by atoms with Crippen molar-refractivity contribution in [3.8, 4) is 0 Å². The second-order valence-electron chi connectivity index (χ2n) is 7.84. The number of nitrogens with zero attached hydrogens (tertiary/aromatic N) is 3. The summed E-state index contributed by atoms with van der Waals surface area (Å²) in [5.41, 5.74) is 3.74. The number of rotatable bonds is 5. The fourth-order valence-corrected chi connectivity index (χ4v) is 5.19. The van der Waals surface area contributed by atoms with Gasteiger partial charge in [-0.15, -0.1) is 0 Å². The maximum Gasteiger partial charge on any atom is 0.255 e. The highest BCUT2D eigenvalue weighted by Gasteiger charge is 2.32. The average Bonchev–Trinajstić information content (AvgIpc) is 3.51. The Kier molecular flexibility index (Phi) is 5.36. The summed E-state index contributed by atoms with van der Waals surface area (Å²) < 4.78 is 29.0. The third kappa shape index (κ3) is 4.16. The zero-order valence-electron chi connectivity index (χ0n) is 16.9.